The molecule has 0 radical (unpaired) electrons. The number of anilines is 1. The summed E-state index contributed by atoms with van der Waals surface area (Å²) in [5.41, 5.74) is 3.56. The van der Waals surface area contributed by atoms with Crippen molar-refractivity contribution >= 4 is 11.7 Å². The molecule has 8 nitrogen and oxygen atoms in total. The molecular weight excluding hydrogens is 360 g/mol. The highest BCUT2D eigenvalue weighted by Crippen LogP contribution is 2.48. The lowest BCUT2D eigenvalue weighted by atomic mass is 9.84. The lowest BCUT2D eigenvalue weighted by molar-refractivity contribution is -0.116. The molecule has 1 N–H and O–H groups in total. The maximum absolute atomic E-state index is 12.4. The van der Waals surface area contributed by atoms with Crippen LogP contribution >= 0.6 is 0 Å². The first-order valence-corrected chi connectivity index (χ1v) is 8.90. The van der Waals surface area contributed by atoms with E-state index in [1.54, 1.807) is 24.2 Å². The number of hydrogen-bond acceptors (Lipinski definition) is 6. The van der Waals surface area contributed by atoms with Gasteiger partial charge in [0.05, 0.1) is 12.8 Å². The highest BCUT2D eigenvalue weighted by molar-refractivity contribution is 5.96. The zero-order valence-electron chi connectivity index (χ0n) is 15.4. The Morgan fingerprint density at radius 3 is 3.00 bits per heavy atom. The first-order valence-electron chi connectivity index (χ1n) is 8.90. The molecule has 0 bridgehead atoms. The van der Waals surface area contributed by atoms with Crippen molar-refractivity contribution in [1.29, 1.82) is 0 Å². The van der Waals surface area contributed by atoms with Crippen molar-refractivity contribution in [3.63, 3.8) is 0 Å². The van der Waals surface area contributed by atoms with Gasteiger partial charge < -0.3 is 19.5 Å². The molecule has 8 heteroatoms. The number of nitrogens with zero attached hydrogens (tertiary/aromatic N) is 3. The Balaban J connectivity index is 1.71. The van der Waals surface area contributed by atoms with E-state index in [9.17, 15) is 4.79 Å². The molecular formula is C20H18N4O4. The zero-order valence-corrected chi connectivity index (χ0v) is 15.4. The average Bonchev–Trinajstić information content (AvgIpc) is 3.32. The standard InChI is InChI=1S/C20H18N4O4/c1-24-20-17(18(23-24)11-4-3-5-21-9-11)13(8-16(25)22-20)12-6-14(26-2)19-15(7-12)27-10-28-19/h3-7,9,13H,8,10H2,1-2H3,(H,22,25)/t13-/m1/s1. The van der Waals surface area contributed by atoms with Crippen molar-refractivity contribution in [3.05, 3.63) is 47.8 Å². The zero-order chi connectivity index (χ0) is 19.3. The van der Waals surface area contributed by atoms with Crippen LogP contribution < -0.4 is 19.5 Å². The summed E-state index contributed by atoms with van der Waals surface area (Å²) in [4.78, 5) is 16.7. The third kappa shape index (κ3) is 2.49. The van der Waals surface area contributed by atoms with Gasteiger partial charge in [0.1, 0.15) is 5.82 Å². The number of pyridine rings is 1. The molecule has 0 saturated carbocycles. The average molecular weight is 378 g/mol. The maximum Gasteiger partial charge on any atom is 0.231 e. The van der Waals surface area contributed by atoms with Crippen LogP contribution in [0.1, 0.15) is 23.5 Å². The number of ether oxygens (including phenoxy) is 3. The first kappa shape index (κ1) is 16.6. The van der Waals surface area contributed by atoms with Crippen LogP contribution in [0.3, 0.4) is 0 Å². The van der Waals surface area contributed by atoms with Gasteiger partial charge in [0, 0.05) is 42.9 Å². The van der Waals surface area contributed by atoms with Gasteiger partial charge in [-0.2, -0.15) is 5.10 Å². The summed E-state index contributed by atoms with van der Waals surface area (Å²) >= 11 is 0. The topological polar surface area (TPSA) is 87.5 Å². The van der Waals surface area contributed by atoms with Crippen molar-refractivity contribution in [1.82, 2.24) is 14.8 Å². The fourth-order valence-corrected chi connectivity index (χ4v) is 3.84. The van der Waals surface area contributed by atoms with Gasteiger partial charge in [-0.15, -0.1) is 0 Å². The number of aromatic nitrogens is 3. The van der Waals surface area contributed by atoms with Crippen molar-refractivity contribution < 1.29 is 19.0 Å². The Labute approximate surface area is 161 Å². The molecule has 0 saturated heterocycles. The molecule has 3 aromatic rings. The Hall–Kier alpha value is -3.55. The second-order valence-corrected chi connectivity index (χ2v) is 6.74. The predicted molar refractivity (Wildman–Crippen MR) is 101 cm³/mol. The monoisotopic (exact) mass is 378 g/mol. The van der Waals surface area contributed by atoms with Crippen LogP contribution in [0.15, 0.2) is 36.7 Å². The van der Waals surface area contributed by atoms with Gasteiger partial charge >= 0.3 is 0 Å². The highest BCUT2D eigenvalue weighted by Gasteiger charge is 2.35. The van der Waals surface area contributed by atoms with Crippen molar-refractivity contribution in [3.8, 4) is 28.5 Å². The number of amides is 1. The Morgan fingerprint density at radius 1 is 1.32 bits per heavy atom. The minimum atomic E-state index is -0.198. The summed E-state index contributed by atoms with van der Waals surface area (Å²) in [6, 6.07) is 7.65. The molecule has 2 aromatic heterocycles. The second-order valence-electron chi connectivity index (χ2n) is 6.74. The number of aryl methyl sites for hydroxylation is 1. The third-order valence-corrected chi connectivity index (χ3v) is 5.10. The minimum absolute atomic E-state index is 0.0603. The molecule has 142 valence electrons. The normalized spacial score (nSPS) is 17.2. The Morgan fingerprint density at radius 2 is 2.21 bits per heavy atom. The van der Waals surface area contributed by atoms with Gasteiger partial charge in [0.15, 0.2) is 11.5 Å². The molecule has 1 amide bonds. The van der Waals surface area contributed by atoms with E-state index in [4.69, 9.17) is 14.2 Å². The second kappa shape index (κ2) is 6.26. The van der Waals surface area contributed by atoms with Crippen molar-refractivity contribution in [2.45, 2.75) is 12.3 Å². The number of benzene rings is 1. The van der Waals surface area contributed by atoms with Gasteiger partial charge in [-0.25, -0.2) is 0 Å². The van der Waals surface area contributed by atoms with Crippen molar-refractivity contribution in [2.75, 3.05) is 19.2 Å². The SMILES string of the molecule is COc1cc([C@H]2CC(=O)Nc3c2c(-c2cccnc2)nn3C)cc2c1OCO2. The molecule has 28 heavy (non-hydrogen) atoms. The highest BCUT2D eigenvalue weighted by atomic mass is 16.7. The lowest BCUT2D eigenvalue weighted by Crippen LogP contribution is -2.24. The maximum atomic E-state index is 12.4. The van der Waals surface area contributed by atoms with Gasteiger partial charge in [-0.1, -0.05) is 0 Å². The Bertz CT molecular complexity index is 1080. The van der Waals surface area contributed by atoms with Crippen LogP contribution in [0.2, 0.25) is 0 Å². The molecule has 0 unspecified atom stereocenters. The molecule has 5 rings (SSSR count). The summed E-state index contributed by atoms with van der Waals surface area (Å²) in [5, 5.41) is 7.62. The minimum Gasteiger partial charge on any atom is -0.493 e. The number of carbonyl (C=O) groups is 1. The van der Waals surface area contributed by atoms with E-state index in [1.165, 1.54) is 0 Å². The van der Waals surface area contributed by atoms with Gasteiger partial charge in [0.25, 0.3) is 0 Å². The smallest absolute Gasteiger partial charge is 0.231 e. The lowest BCUT2D eigenvalue weighted by Gasteiger charge is -2.25. The Kier molecular flexibility index (Phi) is 3.71. The van der Waals surface area contributed by atoms with E-state index in [0.29, 0.717) is 29.5 Å². The van der Waals surface area contributed by atoms with Crippen LogP contribution in [-0.2, 0) is 11.8 Å². The molecule has 2 aliphatic heterocycles. The molecule has 4 heterocycles. The van der Waals surface area contributed by atoms with Crippen molar-refractivity contribution in [2.24, 2.45) is 7.05 Å². The number of fused-ring (bicyclic) bond motifs is 2. The molecule has 0 spiro atoms. The van der Waals surface area contributed by atoms with E-state index in [1.807, 2.05) is 31.3 Å². The van der Waals surface area contributed by atoms with Crippen LogP contribution in [0.4, 0.5) is 5.82 Å². The molecule has 0 aliphatic carbocycles. The summed E-state index contributed by atoms with van der Waals surface area (Å²) in [5.74, 6) is 2.23. The van der Waals surface area contributed by atoms with Crippen LogP contribution in [-0.4, -0.2) is 34.6 Å². The van der Waals surface area contributed by atoms with Gasteiger partial charge in [-0.3, -0.25) is 14.5 Å². The van der Waals surface area contributed by atoms with E-state index in [0.717, 1.165) is 22.4 Å². The van der Waals surface area contributed by atoms with E-state index in [2.05, 4.69) is 15.4 Å². The quantitative estimate of drug-likeness (QED) is 0.754. The molecule has 0 fully saturated rings. The van der Waals surface area contributed by atoms with E-state index < -0.39 is 0 Å². The largest absolute Gasteiger partial charge is 0.493 e. The van der Waals surface area contributed by atoms with E-state index in [-0.39, 0.29) is 18.6 Å². The van der Waals surface area contributed by atoms with Crippen LogP contribution in [0.5, 0.6) is 17.2 Å². The van der Waals surface area contributed by atoms with Gasteiger partial charge in [-0.05, 0) is 29.8 Å². The summed E-state index contributed by atoms with van der Waals surface area (Å²) in [7, 11) is 3.41. The van der Waals surface area contributed by atoms with Crippen LogP contribution in [0, 0.1) is 0 Å². The van der Waals surface area contributed by atoms with Crippen LogP contribution in [0.25, 0.3) is 11.3 Å². The third-order valence-electron chi connectivity index (χ3n) is 5.10. The molecule has 2 aliphatic rings. The number of nitrogens with one attached hydrogen (secondary N) is 1. The number of rotatable bonds is 3. The fourth-order valence-electron chi connectivity index (χ4n) is 3.84. The molecule has 1 atom stereocenters. The van der Waals surface area contributed by atoms with E-state index >= 15 is 0 Å². The summed E-state index contributed by atoms with van der Waals surface area (Å²) in [6.45, 7) is 0.152. The van der Waals surface area contributed by atoms with Gasteiger partial charge in [0.2, 0.25) is 18.4 Å². The number of carbonyl (C=O) groups excluding carboxylic acids is 1. The molecule has 1 aromatic carbocycles. The first-order chi connectivity index (χ1) is 13.7. The predicted octanol–water partition coefficient (Wildman–Crippen LogP) is 2.69. The summed E-state index contributed by atoms with van der Waals surface area (Å²) < 4.78 is 18.3. The number of methoxy groups -OCH3 is 1. The number of hydrogen-bond donors (Lipinski definition) is 1. The fraction of sp³-hybridized carbons (Fsp3) is 0.250. The summed E-state index contributed by atoms with van der Waals surface area (Å²) in [6.07, 6.45) is 3.80.